The number of phenolic OH excluding ortho intramolecular Hbond substituents is 1. The van der Waals surface area contributed by atoms with E-state index in [0.29, 0.717) is 12.8 Å². The molecular formula is C26H28N2O2. The number of amides is 1. The van der Waals surface area contributed by atoms with Gasteiger partial charge in [0, 0.05) is 13.0 Å². The zero-order valence-corrected chi connectivity index (χ0v) is 17.5. The molecule has 0 radical (unpaired) electrons. The minimum atomic E-state index is -0.148. The molecule has 4 rings (SSSR count). The summed E-state index contributed by atoms with van der Waals surface area (Å²) in [5, 5.41) is 16.3. The van der Waals surface area contributed by atoms with E-state index < -0.39 is 0 Å². The Kier molecular flexibility index (Phi) is 5.86. The number of aryl methyl sites for hydroxylation is 2. The fraction of sp³-hybridized carbons (Fsp3) is 0.269. The van der Waals surface area contributed by atoms with E-state index in [4.69, 9.17) is 0 Å². The van der Waals surface area contributed by atoms with E-state index in [2.05, 4.69) is 53.1 Å². The predicted molar refractivity (Wildman–Crippen MR) is 119 cm³/mol. The van der Waals surface area contributed by atoms with Crippen molar-refractivity contribution in [2.45, 2.75) is 45.8 Å². The number of aromatic hydroxyl groups is 1. The van der Waals surface area contributed by atoms with Crippen LogP contribution in [0.2, 0.25) is 0 Å². The number of hydrogen-bond donors (Lipinski definition) is 3. The van der Waals surface area contributed by atoms with E-state index in [1.165, 1.54) is 16.7 Å². The van der Waals surface area contributed by atoms with Crippen LogP contribution in [-0.4, -0.2) is 11.0 Å². The van der Waals surface area contributed by atoms with Crippen LogP contribution in [0.5, 0.6) is 5.75 Å². The first-order valence-corrected chi connectivity index (χ1v) is 10.5. The molecule has 30 heavy (non-hydrogen) atoms. The zero-order valence-electron chi connectivity index (χ0n) is 17.5. The Hall–Kier alpha value is -3.11. The molecule has 0 aromatic heterocycles. The molecule has 0 saturated carbocycles. The first kappa shape index (κ1) is 20.2. The van der Waals surface area contributed by atoms with E-state index in [1.807, 2.05) is 19.9 Å². The molecular weight excluding hydrogens is 372 g/mol. The fourth-order valence-electron chi connectivity index (χ4n) is 4.30. The van der Waals surface area contributed by atoms with Gasteiger partial charge in [0.25, 0.3) is 0 Å². The molecule has 1 amide bonds. The molecule has 3 aromatic rings. The van der Waals surface area contributed by atoms with Crippen molar-refractivity contribution in [3.05, 3.63) is 99.6 Å². The van der Waals surface area contributed by atoms with Crippen molar-refractivity contribution in [2.75, 3.05) is 0 Å². The summed E-state index contributed by atoms with van der Waals surface area (Å²) in [6.45, 7) is 4.72. The van der Waals surface area contributed by atoms with Gasteiger partial charge in [0.05, 0.1) is 0 Å². The number of nitrogens with one attached hydrogen (secondary N) is 2. The molecule has 0 fully saturated rings. The molecule has 1 unspecified atom stereocenters. The van der Waals surface area contributed by atoms with Crippen LogP contribution in [0.3, 0.4) is 0 Å². The molecule has 4 heteroatoms. The first-order chi connectivity index (χ1) is 14.5. The lowest BCUT2D eigenvalue weighted by molar-refractivity contribution is -0.122. The van der Waals surface area contributed by atoms with Gasteiger partial charge in [-0.2, -0.15) is 0 Å². The molecule has 1 atom stereocenters. The monoisotopic (exact) mass is 400 g/mol. The van der Waals surface area contributed by atoms with Crippen molar-refractivity contribution in [3.63, 3.8) is 0 Å². The molecule has 1 aliphatic heterocycles. The highest BCUT2D eigenvalue weighted by molar-refractivity contribution is 5.77. The summed E-state index contributed by atoms with van der Waals surface area (Å²) in [6.07, 6.45) is 1.82. The Balaban J connectivity index is 1.41. The maximum Gasteiger partial charge on any atom is 0.221 e. The van der Waals surface area contributed by atoms with Crippen LogP contribution in [0.4, 0.5) is 0 Å². The van der Waals surface area contributed by atoms with E-state index in [0.717, 1.165) is 35.2 Å². The van der Waals surface area contributed by atoms with Crippen molar-refractivity contribution in [3.8, 4) is 5.75 Å². The Labute approximate surface area is 178 Å². The van der Waals surface area contributed by atoms with E-state index >= 15 is 0 Å². The lowest BCUT2D eigenvalue weighted by atomic mass is 9.97. The minimum Gasteiger partial charge on any atom is -0.508 e. The van der Waals surface area contributed by atoms with Gasteiger partial charge in [-0.05, 0) is 77.8 Å². The Morgan fingerprint density at radius 2 is 1.77 bits per heavy atom. The number of rotatable bonds is 6. The van der Waals surface area contributed by atoms with Crippen LogP contribution < -0.4 is 10.6 Å². The van der Waals surface area contributed by atoms with Crippen molar-refractivity contribution in [1.82, 2.24) is 10.6 Å². The topological polar surface area (TPSA) is 61.4 Å². The molecule has 0 aliphatic carbocycles. The van der Waals surface area contributed by atoms with Gasteiger partial charge >= 0.3 is 0 Å². The third-order valence-electron chi connectivity index (χ3n) is 5.86. The Bertz CT molecular complexity index is 1040. The van der Waals surface area contributed by atoms with Crippen LogP contribution in [0.1, 0.15) is 51.5 Å². The molecule has 0 saturated heterocycles. The number of hydrogen-bond acceptors (Lipinski definition) is 3. The summed E-state index contributed by atoms with van der Waals surface area (Å²) in [4.78, 5) is 12.6. The molecule has 0 spiro atoms. The van der Waals surface area contributed by atoms with Crippen molar-refractivity contribution in [1.29, 1.82) is 0 Å². The maximum atomic E-state index is 12.6. The van der Waals surface area contributed by atoms with Gasteiger partial charge < -0.3 is 10.4 Å². The van der Waals surface area contributed by atoms with Crippen molar-refractivity contribution in [2.24, 2.45) is 0 Å². The lowest BCUT2D eigenvalue weighted by Gasteiger charge is -2.16. The van der Waals surface area contributed by atoms with Gasteiger partial charge in [-0.3, -0.25) is 10.1 Å². The van der Waals surface area contributed by atoms with Crippen LogP contribution in [0.15, 0.2) is 60.7 Å². The lowest BCUT2D eigenvalue weighted by Crippen LogP contribution is -2.34. The van der Waals surface area contributed by atoms with Crippen LogP contribution >= 0.6 is 0 Å². The number of phenols is 1. The molecule has 1 aliphatic rings. The standard InChI is InChI=1S/C26H28N2O2/c1-17-12-22(29)13-18(2)23(17)10-11-25(30)28-26-24-15-20(8-9-21(24)16-27-26)14-19-6-4-3-5-7-19/h3-9,12-13,15,26-27,29H,10-11,14,16H2,1-2H3,(H,28,30). The number of benzene rings is 3. The van der Waals surface area contributed by atoms with Gasteiger partial charge in [-0.25, -0.2) is 0 Å². The molecule has 0 bridgehead atoms. The summed E-state index contributed by atoms with van der Waals surface area (Å²) < 4.78 is 0. The number of carbonyl (C=O) groups is 1. The van der Waals surface area contributed by atoms with Gasteiger partial charge in [0.1, 0.15) is 11.9 Å². The zero-order chi connectivity index (χ0) is 21.1. The van der Waals surface area contributed by atoms with E-state index in [-0.39, 0.29) is 17.8 Å². The smallest absolute Gasteiger partial charge is 0.221 e. The maximum absolute atomic E-state index is 12.6. The third kappa shape index (κ3) is 4.55. The molecule has 3 N–H and O–H groups in total. The Morgan fingerprint density at radius 1 is 1.03 bits per heavy atom. The summed E-state index contributed by atoms with van der Waals surface area (Å²) in [5.41, 5.74) is 8.11. The second-order valence-corrected chi connectivity index (χ2v) is 8.14. The minimum absolute atomic E-state index is 0.0284. The highest BCUT2D eigenvalue weighted by Gasteiger charge is 2.23. The number of fused-ring (bicyclic) bond motifs is 1. The molecule has 4 nitrogen and oxygen atoms in total. The average molecular weight is 401 g/mol. The summed E-state index contributed by atoms with van der Waals surface area (Å²) in [5.74, 6) is 0.303. The van der Waals surface area contributed by atoms with Crippen LogP contribution in [0, 0.1) is 13.8 Å². The summed E-state index contributed by atoms with van der Waals surface area (Å²) in [6, 6.07) is 20.5. The van der Waals surface area contributed by atoms with Crippen molar-refractivity contribution >= 4 is 5.91 Å². The normalized spacial score (nSPS) is 15.1. The van der Waals surface area contributed by atoms with Gasteiger partial charge in [-0.1, -0.05) is 48.5 Å². The fourth-order valence-corrected chi connectivity index (χ4v) is 4.30. The van der Waals surface area contributed by atoms with Crippen molar-refractivity contribution < 1.29 is 9.90 Å². The highest BCUT2D eigenvalue weighted by atomic mass is 16.3. The van der Waals surface area contributed by atoms with Crippen LogP contribution in [-0.2, 0) is 24.2 Å². The van der Waals surface area contributed by atoms with E-state index in [9.17, 15) is 9.90 Å². The largest absolute Gasteiger partial charge is 0.508 e. The second kappa shape index (κ2) is 8.72. The average Bonchev–Trinajstić information content (AvgIpc) is 3.10. The first-order valence-electron chi connectivity index (χ1n) is 10.5. The third-order valence-corrected chi connectivity index (χ3v) is 5.86. The highest BCUT2D eigenvalue weighted by Crippen LogP contribution is 2.26. The summed E-state index contributed by atoms with van der Waals surface area (Å²) >= 11 is 0. The SMILES string of the molecule is Cc1cc(O)cc(C)c1CCC(=O)NC1NCc2ccc(Cc3ccccc3)cc21. The second-order valence-electron chi connectivity index (χ2n) is 8.14. The van der Waals surface area contributed by atoms with E-state index in [1.54, 1.807) is 12.1 Å². The molecule has 1 heterocycles. The number of carbonyl (C=O) groups excluding carboxylic acids is 1. The van der Waals surface area contributed by atoms with Gasteiger partial charge in [-0.15, -0.1) is 0 Å². The molecule has 3 aromatic carbocycles. The van der Waals surface area contributed by atoms with Crippen LogP contribution in [0.25, 0.3) is 0 Å². The quantitative estimate of drug-likeness (QED) is 0.573. The molecule has 154 valence electrons. The predicted octanol–water partition coefficient (Wildman–Crippen LogP) is 4.45. The summed E-state index contributed by atoms with van der Waals surface area (Å²) in [7, 11) is 0. The van der Waals surface area contributed by atoms with Gasteiger partial charge in [0.2, 0.25) is 5.91 Å². The Morgan fingerprint density at radius 3 is 2.50 bits per heavy atom. The van der Waals surface area contributed by atoms with Gasteiger partial charge in [0.15, 0.2) is 0 Å².